The molecular weight excluding hydrogens is 983 g/mol. The molecular formula is C70H115NO8. The number of carboxylic acids is 1. The smallest absolute Gasteiger partial charge is 0.306 e. The van der Waals surface area contributed by atoms with Gasteiger partial charge in [-0.15, -0.1) is 0 Å². The third kappa shape index (κ3) is 60.9. The molecule has 0 aliphatic heterocycles. The minimum atomic E-state index is -1.63. The average molecular weight is 1100 g/mol. The maximum atomic E-state index is 12.9. The molecule has 0 aliphatic carbocycles. The van der Waals surface area contributed by atoms with Crippen LogP contribution >= 0.6 is 0 Å². The SMILES string of the molecule is CC/C=C\C/C=C\C/C=C\C/C=C\C/C=C\C/C=C\C/C=C\C/C=C\CCCCCCCCCCCCC(=O)OC(COC(=O)CCCCCCCC/C=C\C/C=C\C/C=C\CCCCC)COC(OCC[N+](C)(C)C)C(=O)[O-]. The molecule has 0 amide bonds. The zero-order valence-corrected chi connectivity index (χ0v) is 50.9. The Kier molecular flexibility index (Phi) is 56.1. The number of nitrogens with zero attached hydrogens (tertiary/aromatic N) is 1. The molecule has 0 saturated carbocycles. The van der Waals surface area contributed by atoms with Crippen molar-refractivity contribution in [2.75, 3.05) is 47.5 Å². The van der Waals surface area contributed by atoms with Crippen molar-refractivity contribution in [3.63, 3.8) is 0 Å². The molecule has 0 rings (SSSR count). The van der Waals surface area contributed by atoms with E-state index in [0.717, 1.165) is 128 Å². The van der Waals surface area contributed by atoms with Gasteiger partial charge in [-0.2, -0.15) is 0 Å². The molecule has 0 saturated heterocycles. The van der Waals surface area contributed by atoms with Gasteiger partial charge in [0, 0.05) is 12.8 Å². The summed E-state index contributed by atoms with van der Waals surface area (Å²) >= 11 is 0. The molecule has 0 bridgehead atoms. The third-order valence-corrected chi connectivity index (χ3v) is 12.9. The van der Waals surface area contributed by atoms with Crippen LogP contribution in [0, 0.1) is 0 Å². The molecule has 0 aromatic rings. The molecule has 9 heteroatoms. The van der Waals surface area contributed by atoms with E-state index in [9.17, 15) is 19.5 Å². The highest BCUT2D eigenvalue weighted by molar-refractivity contribution is 5.70. The largest absolute Gasteiger partial charge is 0.545 e. The summed E-state index contributed by atoms with van der Waals surface area (Å²) in [4.78, 5) is 37.4. The fourth-order valence-corrected chi connectivity index (χ4v) is 8.09. The summed E-state index contributed by atoms with van der Waals surface area (Å²) in [5.74, 6) is -2.32. The summed E-state index contributed by atoms with van der Waals surface area (Å²) in [7, 11) is 5.91. The maximum absolute atomic E-state index is 12.9. The predicted molar refractivity (Wildman–Crippen MR) is 333 cm³/mol. The van der Waals surface area contributed by atoms with Crippen molar-refractivity contribution in [1.29, 1.82) is 0 Å². The molecule has 0 radical (unpaired) electrons. The summed E-state index contributed by atoms with van der Waals surface area (Å²) in [5.41, 5.74) is 0. The van der Waals surface area contributed by atoms with Crippen molar-refractivity contribution in [2.45, 2.75) is 245 Å². The van der Waals surface area contributed by atoms with E-state index in [-0.39, 0.29) is 38.6 Å². The van der Waals surface area contributed by atoms with E-state index in [0.29, 0.717) is 17.4 Å². The van der Waals surface area contributed by atoms with Crippen LogP contribution in [-0.4, -0.2) is 82.3 Å². The van der Waals surface area contributed by atoms with Crippen LogP contribution in [0.25, 0.3) is 0 Å². The Labute approximate surface area is 484 Å². The quantitative estimate of drug-likeness (QED) is 0.0195. The van der Waals surface area contributed by atoms with Crippen LogP contribution in [0.1, 0.15) is 232 Å². The number of rotatable bonds is 56. The minimum Gasteiger partial charge on any atom is -0.545 e. The number of unbranched alkanes of at least 4 members (excludes halogenated alkanes) is 19. The number of esters is 2. The number of carbonyl (C=O) groups excluding carboxylic acids is 3. The van der Waals surface area contributed by atoms with E-state index in [1.165, 1.54) is 70.6 Å². The Balaban J connectivity index is 4.23. The highest BCUT2D eigenvalue weighted by Crippen LogP contribution is 2.15. The van der Waals surface area contributed by atoms with Gasteiger partial charge in [0.1, 0.15) is 13.2 Å². The van der Waals surface area contributed by atoms with Crippen molar-refractivity contribution in [3.8, 4) is 0 Å². The summed E-state index contributed by atoms with van der Waals surface area (Å²) in [6.07, 6.45) is 82.2. The molecule has 0 aromatic heterocycles. The lowest BCUT2D eigenvalue weighted by molar-refractivity contribution is -0.870. The Morgan fingerprint density at radius 1 is 0.392 bits per heavy atom. The van der Waals surface area contributed by atoms with Crippen molar-refractivity contribution in [2.24, 2.45) is 0 Å². The number of carbonyl (C=O) groups is 3. The normalized spacial score (nSPS) is 13.7. The summed E-state index contributed by atoms with van der Waals surface area (Å²) in [6.45, 7) is 4.57. The molecule has 0 heterocycles. The Hall–Kier alpha value is -4.57. The molecule has 2 atom stereocenters. The number of aliphatic carboxylic acids is 1. The first kappa shape index (κ1) is 74.4. The van der Waals surface area contributed by atoms with E-state index in [1.807, 2.05) is 21.1 Å². The molecule has 0 fully saturated rings. The second-order valence-electron chi connectivity index (χ2n) is 21.6. The first-order valence-electron chi connectivity index (χ1n) is 31.3. The van der Waals surface area contributed by atoms with Crippen LogP contribution in [0.3, 0.4) is 0 Å². The van der Waals surface area contributed by atoms with Gasteiger partial charge in [0.25, 0.3) is 0 Å². The van der Waals surface area contributed by atoms with E-state index >= 15 is 0 Å². The maximum Gasteiger partial charge on any atom is 0.306 e. The van der Waals surface area contributed by atoms with Crippen LogP contribution in [0.5, 0.6) is 0 Å². The lowest BCUT2D eigenvalue weighted by Gasteiger charge is -2.26. The fourth-order valence-electron chi connectivity index (χ4n) is 8.09. The van der Waals surface area contributed by atoms with Gasteiger partial charge >= 0.3 is 11.9 Å². The molecule has 0 N–H and O–H groups in total. The first-order valence-corrected chi connectivity index (χ1v) is 31.3. The van der Waals surface area contributed by atoms with Crippen LogP contribution in [-0.2, 0) is 33.3 Å². The number of allylic oxidation sites excluding steroid dienone is 22. The van der Waals surface area contributed by atoms with Crippen LogP contribution in [0.15, 0.2) is 134 Å². The van der Waals surface area contributed by atoms with Crippen LogP contribution in [0.4, 0.5) is 0 Å². The van der Waals surface area contributed by atoms with Crippen LogP contribution in [0.2, 0.25) is 0 Å². The highest BCUT2D eigenvalue weighted by Gasteiger charge is 2.22. The average Bonchev–Trinajstić information content (AvgIpc) is 3.42. The molecule has 0 aromatic carbocycles. The molecule has 448 valence electrons. The van der Waals surface area contributed by atoms with E-state index in [1.54, 1.807) is 0 Å². The van der Waals surface area contributed by atoms with E-state index in [2.05, 4.69) is 148 Å². The summed E-state index contributed by atoms with van der Waals surface area (Å²) < 4.78 is 22.7. The number of hydrogen-bond donors (Lipinski definition) is 0. The van der Waals surface area contributed by atoms with Crippen molar-refractivity contribution in [3.05, 3.63) is 134 Å². The van der Waals surface area contributed by atoms with E-state index < -0.39 is 24.3 Å². The van der Waals surface area contributed by atoms with Gasteiger partial charge in [-0.1, -0.05) is 237 Å². The topological polar surface area (TPSA) is 111 Å². The van der Waals surface area contributed by atoms with Crippen LogP contribution < -0.4 is 5.11 Å². The zero-order valence-electron chi connectivity index (χ0n) is 50.9. The summed E-state index contributed by atoms with van der Waals surface area (Å²) in [6, 6.07) is 0. The second-order valence-corrected chi connectivity index (χ2v) is 21.6. The monoisotopic (exact) mass is 1100 g/mol. The van der Waals surface area contributed by atoms with Crippen molar-refractivity contribution >= 4 is 17.9 Å². The van der Waals surface area contributed by atoms with Gasteiger partial charge in [0.15, 0.2) is 12.4 Å². The van der Waals surface area contributed by atoms with E-state index in [4.69, 9.17) is 18.9 Å². The lowest BCUT2D eigenvalue weighted by atomic mass is 10.0. The minimum absolute atomic E-state index is 0.138. The molecule has 2 unspecified atom stereocenters. The fraction of sp³-hybridized carbons (Fsp3) is 0.643. The Bertz CT molecular complexity index is 1750. The number of ether oxygens (including phenoxy) is 4. The van der Waals surface area contributed by atoms with Gasteiger partial charge in [-0.05, 0) is 116 Å². The second kappa shape index (κ2) is 59.5. The van der Waals surface area contributed by atoms with Gasteiger partial charge in [0.05, 0.1) is 40.3 Å². The number of likely N-dealkylation sites (N-methyl/N-ethyl adjacent to an activating group) is 1. The Morgan fingerprint density at radius 3 is 1.08 bits per heavy atom. The lowest BCUT2D eigenvalue weighted by Crippen LogP contribution is -2.44. The zero-order chi connectivity index (χ0) is 57.6. The molecule has 79 heavy (non-hydrogen) atoms. The van der Waals surface area contributed by atoms with Gasteiger partial charge in [0.2, 0.25) is 0 Å². The first-order chi connectivity index (χ1) is 38.6. The van der Waals surface area contributed by atoms with Gasteiger partial charge in [-0.25, -0.2) is 0 Å². The molecule has 0 spiro atoms. The Morgan fingerprint density at radius 2 is 0.722 bits per heavy atom. The number of hydrogen-bond acceptors (Lipinski definition) is 8. The third-order valence-electron chi connectivity index (χ3n) is 12.9. The molecule has 0 aliphatic rings. The number of quaternary nitrogens is 1. The highest BCUT2D eigenvalue weighted by atomic mass is 16.7. The molecule has 9 nitrogen and oxygen atoms in total. The van der Waals surface area contributed by atoms with Gasteiger partial charge < -0.3 is 33.3 Å². The summed E-state index contributed by atoms with van der Waals surface area (Å²) in [5, 5.41) is 11.8. The predicted octanol–water partition coefficient (Wildman–Crippen LogP) is 17.7. The van der Waals surface area contributed by atoms with Crippen molar-refractivity contribution in [1.82, 2.24) is 0 Å². The van der Waals surface area contributed by atoms with Crippen molar-refractivity contribution < 1.29 is 42.9 Å². The number of carboxylic acid groups (broad SMARTS) is 1. The van der Waals surface area contributed by atoms with Gasteiger partial charge in [-0.3, -0.25) is 9.59 Å². The standard InChI is InChI=1S/C70H115NO8/c1-6-8-10-12-14-16-18-20-22-24-26-27-28-29-30-31-32-33-34-35-36-37-38-39-40-41-43-45-47-49-51-53-55-57-59-61-68(73)79-66(65-78-70(69(74)75)76-63-62-71(3,4)5)64-77-67(72)60-58-56-54-52-50-48-46-44-42-25-23-21-19-17-15-13-11-9-7-2/h8,10,14-17,20-23,26-27,29-30,32-33,35-36,38-39,42,44,66,70H,6-7,9,11-13,18-19,24-25,28,31,34,37,40-41,43,45-65H2,1-5H3/b10-8-,16-14-,17-15-,22-20-,23-21-,27-26-,30-29-,33-32-,36-35-,39-38-,44-42-.